The van der Waals surface area contributed by atoms with Crippen LogP contribution in [0.25, 0.3) is 0 Å². The van der Waals surface area contributed by atoms with Crippen LogP contribution in [0.4, 0.5) is 13.2 Å². The van der Waals surface area contributed by atoms with E-state index in [1.807, 2.05) is 20.8 Å². The Labute approximate surface area is 92.9 Å². The average molecular weight is 232 g/mol. The lowest BCUT2D eigenvalue weighted by Gasteiger charge is -2.21. The molecule has 0 atom stereocenters. The maximum Gasteiger partial charge on any atom is 0.418 e. The van der Waals surface area contributed by atoms with E-state index in [0.717, 1.165) is 6.07 Å². The third-order valence-corrected chi connectivity index (χ3v) is 1.98. The van der Waals surface area contributed by atoms with Crippen molar-refractivity contribution in [2.45, 2.75) is 39.0 Å². The summed E-state index contributed by atoms with van der Waals surface area (Å²) in [7, 11) is 0. The fraction of sp³-hybridized carbons (Fsp3) is 0.545. The van der Waals surface area contributed by atoms with E-state index in [0.29, 0.717) is 0 Å². The Balaban J connectivity index is 2.88. The first-order valence-corrected chi connectivity index (χ1v) is 4.96. The molecule has 1 aromatic rings. The zero-order valence-corrected chi connectivity index (χ0v) is 9.52. The summed E-state index contributed by atoms with van der Waals surface area (Å²) in [6, 6.07) is 2.34. The van der Waals surface area contributed by atoms with Crippen LogP contribution < -0.4 is 5.32 Å². The number of nitrogens with zero attached hydrogens (tertiary/aromatic N) is 1. The quantitative estimate of drug-likeness (QED) is 0.847. The first-order chi connectivity index (χ1) is 7.20. The summed E-state index contributed by atoms with van der Waals surface area (Å²) < 4.78 is 37.8. The highest BCUT2D eigenvalue weighted by Crippen LogP contribution is 2.30. The molecule has 1 N–H and O–H groups in total. The Bertz CT molecular complexity index is 353. The first-order valence-electron chi connectivity index (χ1n) is 4.96. The van der Waals surface area contributed by atoms with Crippen molar-refractivity contribution in [3.8, 4) is 0 Å². The number of pyridine rings is 1. The molecule has 0 aromatic carbocycles. The fourth-order valence-electron chi connectivity index (χ4n) is 1.19. The van der Waals surface area contributed by atoms with Gasteiger partial charge in [-0.05, 0) is 32.9 Å². The normalized spacial score (nSPS) is 12.9. The summed E-state index contributed by atoms with van der Waals surface area (Å²) >= 11 is 0. The van der Waals surface area contributed by atoms with E-state index in [2.05, 4.69) is 10.3 Å². The molecule has 0 radical (unpaired) electrons. The number of nitrogens with one attached hydrogen (secondary N) is 1. The minimum absolute atomic E-state index is 0.0323. The van der Waals surface area contributed by atoms with E-state index < -0.39 is 11.7 Å². The van der Waals surface area contributed by atoms with Gasteiger partial charge in [0.1, 0.15) is 0 Å². The second kappa shape index (κ2) is 4.41. The first kappa shape index (κ1) is 13.0. The second-order valence-corrected chi connectivity index (χ2v) is 4.60. The molecule has 0 bridgehead atoms. The van der Waals surface area contributed by atoms with E-state index in [9.17, 15) is 13.2 Å². The highest BCUT2D eigenvalue weighted by atomic mass is 19.4. The van der Waals surface area contributed by atoms with E-state index in [-0.39, 0.29) is 17.8 Å². The van der Waals surface area contributed by atoms with Crippen LogP contribution in [-0.4, -0.2) is 10.5 Å². The Morgan fingerprint density at radius 3 is 2.38 bits per heavy atom. The third-order valence-electron chi connectivity index (χ3n) is 1.98. The van der Waals surface area contributed by atoms with Crippen molar-refractivity contribution in [1.82, 2.24) is 10.3 Å². The van der Waals surface area contributed by atoms with E-state index >= 15 is 0 Å². The summed E-state index contributed by atoms with van der Waals surface area (Å²) in [4.78, 5) is 3.77. The third kappa shape index (κ3) is 3.81. The Morgan fingerprint density at radius 1 is 1.25 bits per heavy atom. The summed E-state index contributed by atoms with van der Waals surface area (Å²) in [6.07, 6.45) is -2.97. The van der Waals surface area contributed by atoms with E-state index in [4.69, 9.17) is 0 Å². The van der Waals surface area contributed by atoms with Crippen LogP contribution >= 0.6 is 0 Å². The molecule has 0 fully saturated rings. The predicted octanol–water partition coefficient (Wildman–Crippen LogP) is 2.99. The number of rotatable bonds is 2. The molecule has 0 amide bonds. The van der Waals surface area contributed by atoms with Gasteiger partial charge in [-0.1, -0.05) is 0 Å². The van der Waals surface area contributed by atoms with Gasteiger partial charge in [0, 0.05) is 18.3 Å². The summed E-state index contributed by atoms with van der Waals surface area (Å²) in [5.41, 5.74) is -0.878. The number of aromatic nitrogens is 1. The molecule has 0 unspecified atom stereocenters. The van der Waals surface area contributed by atoms with Gasteiger partial charge in [0.2, 0.25) is 0 Å². The monoisotopic (exact) mass is 232 g/mol. The largest absolute Gasteiger partial charge is 0.418 e. The molecule has 16 heavy (non-hydrogen) atoms. The molecule has 90 valence electrons. The Hall–Kier alpha value is -1.10. The molecule has 0 aliphatic carbocycles. The molecule has 0 saturated heterocycles. The lowest BCUT2D eigenvalue weighted by atomic mass is 10.1. The van der Waals surface area contributed by atoms with Crippen LogP contribution in [0.2, 0.25) is 0 Å². The van der Waals surface area contributed by atoms with Crippen LogP contribution in [0, 0.1) is 0 Å². The second-order valence-electron chi connectivity index (χ2n) is 4.60. The van der Waals surface area contributed by atoms with Crippen molar-refractivity contribution >= 4 is 0 Å². The molecule has 5 heteroatoms. The van der Waals surface area contributed by atoms with Crippen molar-refractivity contribution in [1.29, 1.82) is 0 Å². The van der Waals surface area contributed by atoms with Crippen molar-refractivity contribution in [2.24, 2.45) is 0 Å². The van der Waals surface area contributed by atoms with Gasteiger partial charge in [-0.2, -0.15) is 13.2 Å². The van der Waals surface area contributed by atoms with Gasteiger partial charge < -0.3 is 5.32 Å². The zero-order valence-electron chi connectivity index (χ0n) is 9.52. The summed E-state index contributed by atoms with van der Waals surface area (Å²) in [6.45, 7) is 5.79. The maximum atomic E-state index is 12.6. The fourth-order valence-corrected chi connectivity index (χ4v) is 1.19. The molecule has 2 nitrogen and oxygen atoms in total. The molecule has 0 spiro atoms. The van der Waals surface area contributed by atoms with Crippen molar-refractivity contribution in [3.05, 3.63) is 29.6 Å². The minimum Gasteiger partial charge on any atom is -0.306 e. The van der Waals surface area contributed by atoms with Crippen LogP contribution in [0.15, 0.2) is 18.3 Å². The predicted molar refractivity (Wildman–Crippen MR) is 55.8 cm³/mol. The van der Waals surface area contributed by atoms with Crippen molar-refractivity contribution in [2.75, 3.05) is 0 Å². The number of alkyl halides is 3. The zero-order chi connectivity index (χ0) is 12.4. The van der Waals surface area contributed by atoms with Gasteiger partial charge in [-0.25, -0.2) is 0 Å². The molecule has 1 aromatic heterocycles. The van der Waals surface area contributed by atoms with Crippen LogP contribution in [0.3, 0.4) is 0 Å². The molecule has 1 rings (SSSR count). The van der Waals surface area contributed by atoms with Crippen LogP contribution in [0.1, 0.15) is 32.0 Å². The summed E-state index contributed by atoms with van der Waals surface area (Å²) in [5, 5.41) is 2.99. The standard InChI is InChI=1S/C11H15F3N2/c1-10(2,3)16-7-9-8(11(12,13)14)5-4-6-15-9/h4-6,16H,7H2,1-3H3. The van der Waals surface area contributed by atoms with E-state index in [1.165, 1.54) is 12.3 Å². The van der Waals surface area contributed by atoms with Gasteiger partial charge in [-0.15, -0.1) is 0 Å². The van der Waals surface area contributed by atoms with Gasteiger partial charge >= 0.3 is 6.18 Å². The molecule has 0 aliphatic heterocycles. The molecular weight excluding hydrogens is 217 g/mol. The SMILES string of the molecule is CC(C)(C)NCc1ncccc1C(F)(F)F. The molecule has 1 heterocycles. The number of hydrogen-bond acceptors (Lipinski definition) is 2. The van der Waals surface area contributed by atoms with Gasteiger partial charge in [0.05, 0.1) is 11.3 Å². The lowest BCUT2D eigenvalue weighted by Crippen LogP contribution is -2.36. The number of hydrogen-bond donors (Lipinski definition) is 1. The Morgan fingerprint density at radius 2 is 1.88 bits per heavy atom. The van der Waals surface area contributed by atoms with Crippen molar-refractivity contribution < 1.29 is 13.2 Å². The molecule has 0 saturated carbocycles. The molecular formula is C11H15F3N2. The summed E-state index contributed by atoms with van der Waals surface area (Å²) in [5.74, 6) is 0. The minimum atomic E-state index is -4.34. The average Bonchev–Trinajstić information content (AvgIpc) is 2.12. The van der Waals surface area contributed by atoms with Crippen LogP contribution in [-0.2, 0) is 12.7 Å². The highest BCUT2D eigenvalue weighted by Gasteiger charge is 2.33. The van der Waals surface area contributed by atoms with Gasteiger partial charge in [0.25, 0.3) is 0 Å². The maximum absolute atomic E-state index is 12.6. The highest BCUT2D eigenvalue weighted by molar-refractivity contribution is 5.22. The van der Waals surface area contributed by atoms with E-state index in [1.54, 1.807) is 0 Å². The van der Waals surface area contributed by atoms with Gasteiger partial charge in [-0.3, -0.25) is 4.98 Å². The van der Waals surface area contributed by atoms with Gasteiger partial charge in [0.15, 0.2) is 0 Å². The smallest absolute Gasteiger partial charge is 0.306 e. The van der Waals surface area contributed by atoms with Crippen molar-refractivity contribution in [3.63, 3.8) is 0 Å². The molecule has 0 aliphatic rings. The number of halogens is 3. The Kier molecular flexibility index (Phi) is 3.57. The topological polar surface area (TPSA) is 24.9 Å². The lowest BCUT2D eigenvalue weighted by molar-refractivity contribution is -0.138. The van der Waals surface area contributed by atoms with Crippen LogP contribution in [0.5, 0.6) is 0 Å².